The SMILES string of the molecule is O=C(O)c1ccc(COC2O[C@H](CO)[C@@H](O)[C@H](O)[C@H]2O)o1. The molecule has 5 atom stereocenters. The molecule has 9 heteroatoms. The topological polar surface area (TPSA) is 150 Å². The Hall–Kier alpha value is -1.49. The summed E-state index contributed by atoms with van der Waals surface area (Å²) in [4.78, 5) is 10.6. The zero-order valence-corrected chi connectivity index (χ0v) is 10.8. The highest BCUT2D eigenvalue weighted by atomic mass is 16.7. The lowest BCUT2D eigenvalue weighted by molar-refractivity contribution is -0.304. The smallest absolute Gasteiger partial charge is 0.371 e. The van der Waals surface area contributed by atoms with Gasteiger partial charge in [0.25, 0.3) is 0 Å². The lowest BCUT2D eigenvalue weighted by Crippen LogP contribution is -2.59. The molecule has 1 aromatic rings. The van der Waals surface area contributed by atoms with E-state index in [4.69, 9.17) is 24.1 Å². The first-order valence-corrected chi connectivity index (χ1v) is 6.18. The van der Waals surface area contributed by atoms with Crippen molar-refractivity contribution in [2.24, 2.45) is 0 Å². The van der Waals surface area contributed by atoms with Gasteiger partial charge in [-0.25, -0.2) is 4.79 Å². The lowest BCUT2D eigenvalue weighted by Gasteiger charge is -2.39. The summed E-state index contributed by atoms with van der Waals surface area (Å²) in [6, 6.07) is 2.63. The van der Waals surface area contributed by atoms with E-state index in [9.17, 15) is 20.1 Å². The molecule has 2 heterocycles. The zero-order chi connectivity index (χ0) is 15.6. The maximum atomic E-state index is 10.6. The molecular weight excluding hydrogens is 288 g/mol. The molecule has 0 saturated carbocycles. The normalized spacial score (nSPS) is 33.0. The van der Waals surface area contributed by atoms with Crippen molar-refractivity contribution in [3.63, 3.8) is 0 Å². The first-order valence-electron chi connectivity index (χ1n) is 6.18. The molecule has 5 N–H and O–H groups in total. The van der Waals surface area contributed by atoms with E-state index in [-0.39, 0.29) is 18.1 Å². The summed E-state index contributed by atoms with van der Waals surface area (Å²) in [6.45, 7) is -0.773. The van der Waals surface area contributed by atoms with Crippen LogP contribution in [0.3, 0.4) is 0 Å². The molecule has 1 saturated heterocycles. The molecule has 0 radical (unpaired) electrons. The van der Waals surface area contributed by atoms with Gasteiger partial charge in [-0.3, -0.25) is 0 Å². The molecule has 1 aromatic heterocycles. The van der Waals surface area contributed by atoms with Crippen LogP contribution < -0.4 is 0 Å². The van der Waals surface area contributed by atoms with Crippen molar-refractivity contribution in [3.8, 4) is 0 Å². The summed E-state index contributed by atoms with van der Waals surface area (Å²) in [5.74, 6) is -1.30. The first kappa shape index (κ1) is 15.9. The van der Waals surface area contributed by atoms with Gasteiger partial charge in [0.05, 0.1) is 6.61 Å². The Labute approximate surface area is 118 Å². The molecule has 0 spiro atoms. The fraction of sp³-hybridized carbons (Fsp3) is 0.583. The Bertz CT molecular complexity index is 483. The largest absolute Gasteiger partial charge is 0.475 e. The van der Waals surface area contributed by atoms with Crippen molar-refractivity contribution in [3.05, 3.63) is 23.7 Å². The molecule has 1 fully saturated rings. The predicted molar refractivity (Wildman–Crippen MR) is 64.2 cm³/mol. The molecule has 0 amide bonds. The van der Waals surface area contributed by atoms with E-state index < -0.39 is 43.3 Å². The highest BCUT2D eigenvalue weighted by molar-refractivity contribution is 5.84. The van der Waals surface area contributed by atoms with Gasteiger partial charge in [-0.2, -0.15) is 0 Å². The average Bonchev–Trinajstić information content (AvgIpc) is 2.93. The number of aliphatic hydroxyl groups excluding tert-OH is 4. The minimum atomic E-state index is -1.54. The lowest BCUT2D eigenvalue weighted by atomic mass is 9.99. The van der Waals surface area contributed by atoms with Gasteiger partial charge in [-0.05, 0) is 12.1 Å². The third-order valence-electron chi connectivity index (χ3n) is 3.11. The maximum Gasteiger partial charge on any atom is 0.371 e. The highest BCUT2D eigenvalue weighted by Gasteiger charge is 2.44. The van der Waals surface area contributed by atoms with Crippen LogP contribution in [-0.2, 0) is 16.1 Å². The van der Waals surface area contributed by atoms with Gasteiger partial charge in [-0.1, -0.05) is 0 Å². The molecule has 1 aliphatic heterocycles. The van der Waals surface area contributed by atoms with E-state index in [1.165, 1.54) is 12.1 Å². The molecule has 0 bridgehead atoms. The summed E-state index contributed by atoms with van der Waals surface area (Å²) in [5, 5.41) is 46.6. The van der Waals surface area contributed by atoms with E-state index in [1.54, 1.807) is 0 Å². The van der Waals surface area contributed by atoms with Crippen molar-refractivity contribution in [2.75, 3.05) is 6.61 Å². The van der Waals surface area contributed by atoms with Gasteiger partial charge in [0, 0.05) is 0 Å². The molecule has 9 nitrogen and oxygen atoms in total. The van der Waals surface area contributed by atoms with Crippen molar-refractivity contribution < 1.29 is 44.2 Å². The van der Waals surface area contributed by atoms with Crippen LogP contribution in [0.2, 0.25) is 0 Å². The number of aliphatic hydroxyl groups is 4. The number of ether oxygens (including phenoxy) is 2. The Balaban J connectivity index is 1.96. The number of aromatic carboxylic acids is 1. The van der Waals surface area contributed by atoms with Crippen molar-refractivity contribution in [1.82, 2.24) is 0 Å². The zero-order valence-electron chi connectivity index (χ0n) is 10.8. The summed E-state index contributed by atoms with van der Waals surface area (Å²) in [7, 11) is 0. The van der Waals surface area contributed by atoms with Crippen molar-refractivity contribution in [2.45, 2.75) is 37.3 Å². The van der Waals surface area contributed by atoms with Gasteiger partial charge >= 0.3 is 5.97 Å². The van der Waals surface area contributed by atoms with Gasteiger partial charge in [0.2, 0.25) is 5.76 Å². The first-order chi connectivity index (χ1) is 9.93. The number of rotatable bonds is 5. The quantitative estimate of drug-likeness (QED) is 0.428. The van der Waals surface area contributed by atoms with Crippen LogP contribution >= 0.6 is 0 Å². The number of furan rings is 1. The summed E-state index contributed by atoms with van der Waals surface area (Å²) >= 11 is 0. The highest BCUT2D eigenvalue weighted by Crippen LogP contribution is 2.23. The summed E-state index contributed by atoms with van der Waals surface area (Å²) in [6.07, 6.45) is -6.88. The number of carboxylic acids is 1. The minimum Gasteiger partial charge on any atom is -0.475 e. The van der Waals surface area contributed by atoms with Crippen LogP contribution in [0.1, 0.15) is 16.3 Å². The Morgan fingerprint density at radius 1 is 1.19 bits per heavy atom. The fourth-order valence-electron chi connectivity index (χ4n) is 1.94. The van der Waals surface area contributed by atoms with Crippen LogP contribution in [0.15, 0.2) is 16.5 Å². The predicted octanol–water partition coefficient (Wildman–Crippen LogP) is -1.71. The van der Waals surface area contributed by atoms with E-state index >= 15 is 0 Å². The van der Waals surface area contributed by atoms with Crippen molar-refractivity contribution in [1.29, 1.82) is 0 Å². The van der Waals surface area contributed by atoms with Gasteiger partial charge in [0.1, 0.15) is 36.8 Å². The van der Waals surface area contributed by atoms with E-state index in [0.29, 0.717) is 0 Å². The molecular formula is C12H16O9. The molecule has 1 unspecified atom stereocenters. The molecule has 118 valence electrons. The van der Waals surface area contributed by atoms with Gasteiger partial charge in [-0.15, -0.1) is 0 Å². The van der Waals surface area contributed by atoms with Gasteiger partial charge < -0.3 is 39.4 Å². The summed E-state index contributed by atoms with van der Waals surface area (Å²) < 4.78 is 15.2. The van der Waals surface area contributed by atoms with Crippen LogP contribution in [0.5, 0.6) is 0 Å². The summed E-state index contributed by atoms with van der Waals surface area (Å²) in [5.41, 5.74) is 0. The third kappa shape index (κ3) is 3.40. The second kappa shape index (κ2) is 6.52. The standard InChI is InChI=1S/C12H16O9/c13-3-7-8(14)9(15)10(16)12(21-7)19-4-5-1-2-6(20-5)11(17)18/h1-2,7-10,12-16H,3-4H2,(H,17,18)/t7-,8-,9+,10-,12?/m1/s1. The third-order valence-corrected chi connectivity index (χ3v) is 3.11. The second-order valence-corrected chi connectivity index (χ2v) is 4.58. The minimum absolute atomic E-state index is 0.185. The number of hydrogen-bond donors (Lipinski definition) is 5. The average molecular weight is 304 g/mol. The number of hydrogen-bond acceptors (Lipinski definition) is 8. The number of carboxylic acid groups (broad SMARTS) is 1. The molecule has 0 aliphatic carbocycles. The molecule has 0 aromatic carbocycles. The van der Waals surface area contributed by atoms with E-state index in [2.05, 4.69) is 0 Å². The second-order valence-electron chi connectivity index (χ2n) is 4.58. The molecule has 21 heavy (non-hydrogen) atoms. The van der Waals surface area contributed by atoms with Crippen LogP contribution in [0.4, 0.5) is 0 Å². The number of carbonyl (C=O) groups is 1. The van der Waals surface area contributed by atoms with E-state index in [1.807, 2.05) is 0 Å². The Morgan fingerprint density at radius 2 is 1.90 bits per heavy atom. The van der Waals surface area contributed by atoms with Gasteiger partial charge in [0.15, 0.2) is 6.29 Å². The van der Waals surface area contributed by atoms with Crippen LogP contribution in [0, 0.1) is 0 Å². The Morgan fingerprint density at radius 3 is 2.48 bits per heavy atom. The monoisotopic (exact) mass is 304 g/mol. The van der Waals surface area contributed by atoms with Crippen LogP contribution in [0.25, 0.3) is 0 Å². The Kier molecular flexibility index (Phi) is 4.93. The molecule has 1 aliphatic rings. The fourth-order valence-corrected chi connectivity index (χ4v) is 1.94. The van der Waals surface area contributed by atoms with Crippen molar-refractivity contribution >= 4 is 5.97 Å². The van der Waals surface area contributed by atoms with Crippen LogP contribution in [-0.4, -0.2) is 68.8 Å². The molecule has 2 rings (SSSR count). The maximum absolute atomic E-state index is 10.6. The van der Waals surface area contributed by atoms with E-state index in [0.717, 1.165) is 0 Å².